The Balaban J connectivity index is 1.70. The molecular weight excluding hydrogens is 517 g/mol. The molecule has 0 spiro atoms. The van der Waals surface area contributed by atoms with E-state index >= 15 is 0 Å². The van der Waals surface area contributed by atoms with Gasteiger partial charge >= 0.3 is 0 Å². The molecule has 4 rings (SSSR count). The first-order chi connectivity index (χ1) is 14.9. The molecule has 0 aliphatic rings. The highest BCUT2D eigenvalue weighted by molar-refractivity contribution is 14.1. The quantitative estimate of drug-likeness (QED) is 0.363. The zero-order chi connectivity index (χ0) is 22.1. The standard InChI is InChI=1S/C23H17F2IN2O3/c1-30-20-9-16-17(10-21(20)31-2)23(29)28-19(22(16)26)5-12-3-4-18(27-11-12)13-6-14(24)8-15(25)7-13/h3-4,6-11H,5H2,1-2H3,(H,28,29). The summed E-state index contributed by atoms with van der Waals surface area (Å²) in [7, 11) is 3.06. The van der Waals surface area contributed by atoms with Crippen LogP contribution in [0.1, 0.15) is 11.3 Å². The Labute approximate surface area is 190 Å². The number of pyridine rings is 2. The molecule has 0 unspecified atom stereocenters. The lowest BCUT2D eigenvalue weighted by atomic mass is 10.1. The number of methoxy groups -OCH3 is 2. The van der Waals surface area contributed by atoms with Gasteiger partial charge in [0.05, 0.1) is 25.3 Å². The molecule has 31 heavy (non-hydrogen) atoms. The number of H-pyrrole nitrogens is 1. The topological polar surface area (TPSA) is 64.2 Å². The van der Waals surface area contributed by atoms with Gasteiger partial charge in [-0.15, -0.1) is 0 Å². The predicted molar refractivity (Wildman–Crippen MR) is 123 cm³/mol. The number of halogens is 3. The van der Waals surface area contributed by atoms with Crippen molar-refractivity contribution in [1.82, 2.24) is 9.97 Å². The number of rotatable bonds is 5. The Morgan fingerprint density at radius 2 is 1.61 bits per heavy atom. The van der Waals surface area contributed by atoms with Crippen molar-refractivity contribution in [2.24, 2.45) is 0 Å². The third kappa shape index (κ3) is 4.25. The van der Waals surface area contributed by atoms with Crippen LogP contribution in [0.5, 0.6) is 11.5 Å². The molecule has 4 aromatic rings. The normalized spacial score (nSPS) is 11.0. The number of fused-ring (bicyclic) bond motifs is 1. The number of ether oxygens (including phenoxy) is 2. The van der Waals surface area contributed by atoms with Gasteiger partial charge in [0.1, 0.15) is 11.6 Å². The van der Waals surface area contributed by atoms with Crippen molar-refractivity contribution in [3.63, 3.8) is 0 Å². The van der Waals surface area contributed by atoms with Crippen molar-refractivity contribution in [1.29, 1.82) is 0 Å². The maximum absolute atomic E-state index is 13.5. The Hall–Kier alpha value is -3.01. The minimum atomic E-state index is -0.656. The van der Waals surface area contributed by atoms with Crippen LogP contribution in [0.4, 0.5) is 8.78 Å². The first-order valence-electron chi connectivity index (χ1n) is 9.27. The minimum absolute atomic E-state index is 0.230. The monoisotopic (exact) mass is 534 g/mol. The van der Waals surface area contributed by atoms with Crippen LogP contribution in [0, 0.1) is 15.2 Å². The molecule has 0 radical (unpaired) electrons. The molecule has 5 nitrogen and oxygen atoms in total. The molecule has 0 amide bonds. The highest BCUT2D eigenvalue weighted by atomic mass is 127. The van der Waals surface area contributed by atoms with Crippen LogP contribution >= 0.6 is 22.6 Å². The zero-order valence-corrected chi connectivity index (χ0v) is 18.8. The fraction of sp³-hybridized carbons (Fsp3) is 0.130. The second kappa shape index (κ2) is 8.62. The summed E-state index contributed by atoms with van der Waals surface area (Å²) in [5.74, 6) is -0.289. The summed E-state index contributed by atoms with van der Waals surface area (Å²) in [5.41, 5.74) is 2.16. The van der Waals surface area contributed by atoms with Crippen LogP contribution in [0.2, 0.25) is 0 Å². The Morgan fingerprint density at radius 3 is 2.19 bits per heavy atom. The van der Waals surface area contributed by atoms with Gasteiger partial charge < -0.3 is 14.5 Å². The van der Waals surface area contributed by atoms with Crippen LogP contribution in [0.15, 0.2) is 53.5 Å². The van der Waals surface area contributed by atoms with Gasteiger partial charge in [0.25, 0.3) is 5.56 Å². The van der Waals surface area contributed by atoms with E-state index in [1.54, 1.807) is 31.5 Å². The van der Waals surface area contributed by atoms with Gasteiger partial charge in [0.2, 0.25) is 0 Å². The van der Waals surface area contributed by atoms with Crippen LogP contribution in [-0.4, -0.2) is 24.2 Å². The molecule has 2 aromatic carbocycles. The summed E-state index contributed by atoms with van der Waals surface area (Å²) in [5, 5.41) is 1.27. The summed E-state index contributed by atoms with van der Waals surface area (Å²) in [6.07, 6.45) is 2.06. The van der Waals surface area contributed by atoms with Gasteiger partial charge in [-0.2, -0.15) is 0 Å². The third-order valence-corrected chi connectivity index (χ3v) is 6.13. The summed E-state index contributed by atoms with van der Waals surface area (Å²) in [6, 6.07) is 10.2. The van der Waals surface area contributed by atoms with Crippen LogP contribution in [0.25, 0.3) is 22.0 Å². The van der Waals surface area contributed by atoms with E-state index in [0.717, 1.165) is 26.3 Å². The minimum Gasteiger partial charge on any atom is -0.493 e. The average Bonchev–Trinajstić information content (AvgIpc) is 2.76. The van der Waals surface area contributed by atoms with Gasteiger partial charge in [-0.1, -0.05) is 6.07 Å². The highest BCUT2D eigenvalue weighted by Gasteiger charge is 2.15. The fourth-order valence-electron chi connectivity index (χ4n) is 3.40. The molecule has 0 fully saturated rings. The van der Waals surface area contributed by atoms with Crippen molar-refractivity contribution >= 4 is 33.4 Å². The van der Waals surface area contributed by atoms with E-state index in [0.29, 0.717) is 34.6 Å². The van der Waals surface area contributed by atoms with Gasteiger partial charge in [-0.25, -0.2) is 8.78 Å². The molecule has 0 aliphatic heterocycles. The largest absolute Gasteiger partial charge is 0.493 e. The van der Waals surface area contributed by atoms with E-state index < -0.39 is 11.6 Å². The maximum atomic E-state index is 13.5. The molecule has 0 bridgehead atoms. The molecule has 2 heterocycles. The second-order valence-electron chi connectivity index (χ2n) is 6.89. The number of nitrogens with zero attached hydrogens (tertiary/aromatic N) is 1. The predicted octanol–water partition coefficient (Wildman–Crippen LogP) is 5.08. The molecule has 158 valence electrons. The molecule has 8 heteroatoms. The summed E-state index contributed by atoms with van der Waals surface area (Å²) >= 11 is 2.19. The van der Waals surface area contributed by atoms with E-state index in [1.807, 2.05) is 6.07 Å². The second-order valence-corrected chi connectivity index (χ2v) is 7.96. The van der Waals surface area contributed by atoms with E-state index in [9.17, 15) is 13.6 Å². The van der Waals surface area contributed by atoms with Crippen molar-refractivity contribution < 1.29 is 18.3 Å². The van der Waals surface area contributed by atoms with E-state index in [2.05, 4.69) is 32.6 Å². The summed E-state index contributed by atoms with van der Waals surface area (Å²) < 4.78 is 38.5. The van der Waals surface area contributed by atoms with Crippen LogP contribution < -0.4 is 15.0 Å². The number of hydrogen-bond donors (Lipinski definition) is 1. The number of aromatic amines is 1. The van der Waals surface area contributed by atoms with Gasteiger partial charge in [-0.3, -0.25) is 9.78 Å². The lowest BCUT2D eigenvalue weighted by Crippen LogP contribution is -2.12. The summed E-state index contributed by atoms with van der Waals surface area (Å²) in [4.78, 5) is 19.9. The van der Waals surface area contributed by atoms with Gasteiger partial charge in [0, 0.05) is 38.9 Å². The van der Waals surface area contributed by atoms with Crippen molar-refractivity contribution in [3.8, 4) is 22.8 Å². The molecule has 0 saturated carbocycles. The SMILES string of the molecule is COc1cc2c(I)c(Cc3ccc(-c4cc(F)cc(F)c4)nc3)[nH]c(=O)c2cc1OC. The smallest absolute Gasteiger partial charge is 0.256 e. The number of hydrogen-bond acceptors (Lipinski definition) is 4. The number of nitrogens with one attached hydrogen (secondary N) is 1. The number of benzene rings is 2. The summed E-state index contributed by atoms with van der Waals surface area (Å²) in [6.45, 7) is 0. The molecular formula is C23H17F2IN2O3. The highest BCUT2D eigenvalue weighted by Crippen LogP contribution is 2.33. The average molecular weight is 534 g/mol. The number of aromatic nitrogens is 2. The third-order valence-electron chi connectivity index (χ3n) is 4.90. The van der Waals surface area contributed by atoms with Gasteiger partial charge in [0.15, 0.2) is 11.5 Å². The van der Waals surface area contributed by atoms with Crippen molar-refractivity contribution in [2.75, 3.05) is 14.2 Å². The first-order valence-corrected chi connectivity index (χ1v) is 10.3. The molecule has 1 N–H and O–H groups in total. The Bertz CT molecular complexity index is 1320. The van der Waals surface area contributed by atoms with E-state index in [-0.39, 0.29) is 5.56 Å². The molecule has 0 atom stereocenters. The lowest BCUT2D eigenvalue weighted by molar-refractivity contribution is 0.356. The fourth-order valence-corrected chi connectivity index (χ4v) is 4.17. The Morgan fingerprint density at radius 1 is 0.968 bits per heavy atom. The van der Waals surface area contributed by atoms with Crippen LogP contribution in [0.3, 0.4) is 0 Å². The zero-order valence-electron chi connectivity index (χ0n) is 16.6. The maximum Gasteiger partial charge on any atom is 0.256 e. The molecule has 0 aliphatic carbocycles. The first kappa shape index (κ1) is 21.2. The molecule has 0 saturated heterocycles. The Kier molecular flexibility index (Phi) is 5.90. The van der Waals surface area contributed by atoms with E-state index in [4.69, 9.17) is 9.47 Å². The van der Waals surface area contributed by atoms with E-state index in [1.165, 1.54) is 19.2 Å². The van der Waals surface area contributed by atoms with Crippen LogP contribution in [-0.2, 0) is 6.42 Å². The molecule has 2 aromatic heterocycles. The lowest BCUT2D eigenvalue weighted by Gasteiger charge is -2.12. The van der Waals surface area contributed by atoms with Crippen molar-refractivity contribution in [3.05, 3.63) is 85.5 Å². The van der Waals surface area contributed by atoms with Crippen molar-refractivity contribution in [2.45, 2.75) is 6.42 Å². The van der Waals surface area contributed by atoms with Gasteiger partial charge in [-0.05, 0) is 58.5 Å².